The number of aryl methyl sites for hydroxylation is 1. The van der Waals surface area contributed by atoms with Gasteiger partial charge in [0.15, 0.2) is 0 Å². The maximum Gasteiger partial charge on any atom is 0.274 e. The number of benzene rings is 1. The van der Waals surface area contributed by atoms with Gasteiger partial charge in [0.1, 0.15) is 0 Å². The molecular formula is C11H11NO2. The topological polar surface area (TPSA) is 43.1 Å². The lowest BCUT2D eigenvalue weighted by molar-refractivity contribution is -0.385. The highest BCUT2D eigenvalue weighted by Crippen LogP contribution is 2.28. The van der Waals surface area contributed by atoms with Crippen molar-refractivity contribution < 1.29 is 4.92 Å². The smallest absolute Gasteiger partial charge is 0.258 e. The molecule has 1 aromatic rings. The van der Waals surface area contributed by atoms with Gasteiger partial charge in [0, 0.05) is 17.5 Å². The Labute approximate surface area is 82.9 Å². The van der Waals surface area contributed by atoms with Crippen molar-refractivity contribution in [2.24, 2.45) is 0 Å². The lowest BCUT2D eigenvalue weighted by Gasteiger charge is -2.08. The van der Waals surface area contributed by atoms with Crippen LogP contribution < -0.4 is 0 Å². The highest BCUT2D eigenvalue weighted by Gasteiger charge is 2.18. The maximum atomic E-state index is 10.7. The van der Waals surface area contributed by atoms with Gasteiger partial charge in [0.25, 0.3) is 5.69 Å². The van der Waals surface area contributed by atoms with E-state index in [0.717, 1.165) is 5.56 Å². The van der Waals surface area contributed by atoms with Crippen LogP contribution in [0.4, 0.5) is 5.69 Å². The molecule has 3 nitrogen and oxygen atoms in total. The summed E-state index contributed by atoms with van der Waals surface area (Å²) in [6.07, 6.45) is 5.27. The van der Waals surface area contributed by atoms with E-state index in [0.29, 0.717) is 5.56 Å². The molecule has 0 amide bonds. The van der Waals surface area contributed by atoms with E-state index < -0.39 is 4.92 Å². The van der Waals surface area contributed by atoms with Crippen molar-refractivity contribution in [3.05, 3.63) is 39.4 Å². The summed E-state index contributed by atoms with van der Waals surface area (Å²) in [5.74, 6) is 2.29. The van der Waals surface area contributed by atoms with Gasteiger partial charge in [-0.2, -0.15) is 0 Å². The summed E-state index contributed by atoms with van der Waals surface area (Å²) in [5, 5.41) is 10.7. The van der Waals surface area contributed by atoms with Crippen LogP contribution >= 0.6 is 0 Å². The van der Waals surface area contributed by atoms with Gasteiger partial charge in [-0.05, 0) is 19.4 Å². The molecule has 0 N–H and O–H groups in total. The molecule has 0 aliphatic heterocycles. The summed E-state index contributed by atoms with van der Waals surface area (Å²) >= 11 is 0. The Balaban J connectivity index is 3.38. The number of hydrogen-bond acceptors (Lipinski definition) is 2. The average Bonchev–Trinajstić information content (AvgIpc) is 2.16. The van der Waals surface area contributed by atoms with Crippen LogP contribution in [-0.2, 0) is 0 Å². The molecule has 0 aliphatic rings. The van der Waals surface area contributed by atoms with E-state index in [9.17, 15) is 10.1 Å². The second kappa shape index (κ2) is 3.93. The Bertz CT molecular complexity index is 404. The van der Waals surface area contributed by atoms with Crippen molar-refractivity contribution in [1.29, 1.82) is 0 Å². The third kappa shape index (κ3) is 1.74. The molecule has 0 bridgehead atoms. The minimum absolute atomic E-state index is 0.107. The fourth-order valence-corrected chi connectivity index (χ4v) is 1.47. The first-order valence-corrected chi connectivity index (χ1v) is 4.28. The standard InChI is InChI=1S/C11H11NO2/c1-4-8(2)11-9(3)6-5-7-10(11)12(13)14/h1,5-8H,2-3H3. The van der Waals surface area contributed by atoms with E-state index >= 15 is 0 Å². The number of nitro groups is 1. The quantitative estimate of drug-likeness (QED) is 0.407. The Kier molecular flexibility index (Phi) is 2.88. The van der Waals surface area contributed by atoms with Gasteiger partial charge in [-0.25, -0.2) is 0 Å². The Morgan fingerprint density at radius 1 is 1.57 bits per heavy atom. The molecule has 0 saturated heterocycles. The molecule has 0 fully saturated rings. The van der Waals surface area contributed by atoms with Gasteiger partial charge in [0.2, 0.25) is 0 Å². The lowest BCUT2D eigenvalue weighted by atomic mass is 9.95. The zero-order valence-corrected chi connectivity index (χ0v) is 8.15. The lowest BCUT2D eigenvalue weighted by Crippen LogP contribution is -2.00. The zero-order chi connectivity index (χ0) is 10.7. The molecule has 0 aromatic heterocycles. The summed E-state index contributed by atoms with van der Waals surface area (Å²) in [4.78, 5) is 10.3. The molecule has 72 valence electrons. The first-order chi connectivity index (χ1) is 6.57. The number of terminal acetylenes is 1. The highest BCUT2D eigenvalue weighted by molar-refractivity contribution is 5.49. The van der Waals surface area contributed by atoms with Crippen LogP contribution in [0, 0.1) is 29.4 Å². The van der Waals surface area contributed by atoms with E-state index in [1.165, 1.54) is 6.07 Å². The number of nitrogens with zero attached hydrogens (tertiary/aromatic N) is 1. The van der Waals surface area contributed by atoms with E-state index in [4.69, 9.17) is 6.42 Å². The van der Waals surface area contributed by atoms with Crippen molar-refractivity contribution in [1.82, 2.24) is 0 Å². The Hall–Kier alpha value is -1.82. The molecule has 1 rings (SSSR count). The van der Waals surface area contributed by atoms with Crippen LogP contribution in [-0.4, -0.2) is 4.92 Å². The SMILES string of the molecule is C#CC(C)c1c(C)cccc1[N+](=O)[O-]. The second-order valence-corrected chi connectivity index (χ2v) is 3.15. The third-order valence-electron chi connectivity index (χ3n) is 2.18. The third-order valence-corrected chi connectivity index (χ3v) is 2.18. The molecule has 0 aliphatic carbocycles. The summed E-state index contributed by atoms with van der Waals surface area (Å²) < 4.78 is 0. The zero-order valence-electron chi connectivity index (χ0n) is 8.15. The van der Waals surface area contributed by atoms with Gasteiger partial charge in [0.05, 0.1) is 4.92 Å². The first kappa shape index (κ1) is 10.3. The predicted molar refractivity (Wildman–Crippen MR) is 55.1 cm³/mol. The minimum atomic E-state index is -0.393. The van der Waals surface area contributed by atoms with Gasteiger partial charge in [-0.3, -0.25) is 10.1 Å². The molecule has 0 heterocycles. The van der Waals surface area contributed by atoms with Crippen molar-refractivity contribution >= 4 is 5.69 Å². The maximum absolute atomic E-state index is 10.7. The summed E-state index contributed by atoms with van der Waals surface area (Å²) in [5.41, 5.74) is 1.61. The molecule has 1 unspecified atom stereocenters. The molecule has 0 radical (unpaired) electrons. The Morgan fingerprint density at radius 3 is 2.71 bits per heavy atom. The van der Waals surface area contributed by atoms with Gasteiger partial charge in [-0.15, -0.1) is 6.42 Å². The van der Waals surface area contributed by atoms with Gasteiger partial charge < -0.3 is 0 Å². The van der Waals surface area contributed by atoms with Crippen molar-refractivity contribution in [2.75, 3.05) is 0 Å². The summed E-state index contributed by atoms with van der Waals surface area (Å²) in [6.45, 7) is 3.62. The van der Waals surface area contributed by atoms with Crippen molar-refractivity contribution in [3.8, 4) is 12.3 Å². The van der Waals surface area contributed by atoms with E-state index in [-0.39, 0.29) is 11.6 Å². The van der Waals surface area contributed by atoms with E-state index in [1.807, 2.05) is 13.0 Å². The highest BCUT2D eigenvalue weighted by atomic mass is 16.6. The monoisotopic (exact) mass is 189 g/mol. The molecular weight excluding hydrogens is 178 g/mol. The van der Waals surface area contributed by atoms with Gasteiger partial charge >= 0.3 is 0 Å². The normalized spacial score (nSPS) is 11.8. The molecule has 0 saturated carbocycles. The van der Waals surface area contributed by atoms with E-state index in [1.54, 1.807) is 13.0 Å². The van der Waals surface area contributed by atoms with Gasteiger partial charge in [-0.1, -0.05) is 18.1 Å². The second-order valence-electron chi connectivity index (χ2n) is 3.15. The predicted octanol–water partition coefficient (Wildman–Crippen LogP) is 2.64. The van der Waals surface area contributed by atoms with Crippen molar-refractivity contribution in [3.63, 3.8) is 0 Å². The first-order valence-electron chi connectivity index (χ1n) is 4.28. The molecule has 1 aromatic carbocycles. The largest absolute Gasteiger partial charge is 0.274 e. The molecule has 1 atom stereocenters. The van der Waals surface area contributed by atoms with Crippen LogP contribution in [0.1, 0.15) is 24.0 Å². The Morgan fingerprint density at radius 2 is 2.21 bits per heavy atom. The molecule has 0 spiro atoms. The van der Waals surface area contributed by atoms with Crippen LogP contribution in [0.5, 0.6) is 0 Å². The average molecular weight is 189 g/mol. The fourth-order valence-electron chi connectivity index (χ4n) is 1.47. The molecule has 14 heavy (non-hydrogen) atoms. The number of rotatable bonds is 2. The molecule has 3 heteroatoms. The van der Waals surface area contributed by atoms with Crippen LogP contribution in [0.3, 0.4) is 0 Å². The number of nitro benzene ring substituents is 1. The van der Waals surface area contributed by atoms with Crippen LogP contribution in [0.2, 0.25) is 0 Å². The van der Waals surface area contributed by atoms with Crippen molar-refractivity contribution in [2.45, 2.75) is 19.8 Å². The number of hydrogen-bond donors (Lipinski definition) is 0. The minimum Gasteiger partial charge on any atom is -0.258 e. The summed E-state index contributed by atoms with van der Waals surface area (Å²) in [6, 6.07) is 4.98. The van der Waals surface area contributed by atoms with Crippen LogP contribution in [0.15, 0.2) is 18.2 Å². The van der Waals surface area contributed by atoms with Crippen LogP contribution in [0.25, 0.3) is 0 Å². The van der Waals surface area contributed by atoms with E-state index in [2.05, 4.69) is 5.92 Å². The fraction of sp³-hybridized carbons (Fsp3) is 0.273. The summed E-state index contributed by atoms with van der Waals surface area (Å²) in [7, 11) is 0.